The Bertz CT molecular complexity index is 1260. The van der Waals surface area contributed by atoms with Gasteiger partial charge in [0.05, 0.1) is 31.5 Å². The smallest absolute Gasteiger partial charge is 0.282 e. The molecule has 0 aliphatic carbocycles. The molecule has 2 aromatic heterocycles. The Morgan fingerprint density at radius 2 is 1.97 bits per heavy atom. The highest BCUT2D eigenvalue weighted by atomic mass is 32.2. The summed E-state index contributed by atoms with van der Waals surface area (Å²) in [6, 6.07) is 9.33. The molecule has 3 heterocycles. The number of fused-ring (bicyclic) bond motifs is 1. The molecule has 0 fully saturated rings. The highest BCUT2D eigenvalue weighted by Crippen LogP contribution is 2.35. The number of amides is 1. The van der Waals surface area contributed by atoms with E-state index in [0.29, 0.717) is 27.7 Å². The summed E-state index contributed by atoms with van der Waals surface area (Å²) in [7, 11) is 1.06. The first kappa shape index (κ1) is 22.3. The molecule has 1 amide bonds. The second kappa shape index (κ2) is 8.58. The van der Waals surface area contributed by atoms with Crippen LogP contribution in [0.2, 0.25) is 0 Å². The van der Waals surface area contributed by atoms with Crippen LogP contribution >= 0.6 is 11.3 Å². The van der Waals surface area contributed by atoms with E-state index in [1.165, 1.54) is 34.0 Å². The average Bonchev–Trinajstić information content (AvgIpc) is 3.32. The molecule has 0 spiro atoms. The summed E-state index contributed by atoms with van der Waals surface area (Å²) in [5, 5.41) is 3.26. The average molecular weight is 474 g/mol. The fourth-order valence-corrected chi connectivity index (χ4v) is 5.56. The standard InChI is InChI=1S/C21H23N5O4S2/c1-13-9-15(14-7-5-6-8-18(14)30-4)16(10-22-13)20(27)24-21-23-17-11-26(12-19(17)31-21)32(28,29)25(2)3/h5-10H,11-12H2,1-4H3,(H,23,24,27). The summed E-state index contributed by atoms with van der Waals surface area (Å²) in [5.41, 5.74) is 3.32. The molecule has 4 rings (SSSR count). The van der Waals surface area contributed by atoms with Crippen molar-refractivity contribution in [2.75, 3.05) is 26.5 Å². The Hall–Kier alpha value is -2.86. The molecular weight excluding hydrogens is 450 g/mol. The van der Waals surface area contributed by atoms with E-state index in [-0.39, 0.29) is 19.0 Å². The van der Waals surface area contributed by atoms with Crippen molar-refractivity contribution in [2.24, 2.45) is 0 Å². The minimum atomic E-state index is -3.51. The number of methoxy groups -OCH3 is 1. The van der Waals surface area contributed by atoms with Gasteiger partial charge in [-0.25, -0.2) is 4.98 Å². The van der Waals surface area contributed by atoms with Gasteiger partial charge in [0.1, 0.15) is 5.75 Å². The summed E-state index contributed by atoms with van der Waals surface area (Å²) >= 11 is 1.28. The number of benzene rings is 1. The number of carbonyl (C=O) groups excluding carboxylic acids is 1. The van der Waals surface area contributed by atoms with Crippen LogP contribution in [0.1, 0.15) is 26.6 Å². The van der Waals surface area contributed by atoms with Crippen LogP contribution in [-0.4, -0.2) is 54.1 Å². The van der Waals surface area contributed by atoms with Crippen LogP contribution in [0, 0.1) is 6.92 Å². The van der Waals surface area contributed by atoms with Crippen LogP contribution < -0.4 is 10.1 Å². The number of aromatic nitrogens is 2. The minimum Gasteiger partial charge on any atom is -0.496 e. The van der Waals surface area contributed by atoms with E-state index in [1.54, 1.807) is 13.3 Å². The van der Waals surface area contributed by atoms with Crippen LogP contribution in [0.4, 0.5) is 5.13 Å². The van der Waals surface area contributed by atoms with Gasteiger partial charge in [0.15, 0.2) is 5.13 Å². The molecular formula is C21H23N5O4S2. The lowest BCUT2D eigenvalue weighted by atomic mass is 9.99. The fourth-order valence-electron chi connectivity index (χ4n) is 3.46. The van der Waals surface area contributed by atoms with Gasteiger partial charge in [-0.05, 0) is 19.1 Å². The maximum absolute atomic E-state index is 13.1. The topological polar surface area (TPSA) is 105 Å². The summed E-state index contributed by atoms with van der Waals surface area (Å²) < 4.78 is 32.7. The van der Waals surface area contributed by atoms with Gasteiger partial charge in [0.25, 0.3) is 16.1 Å². The van der Waals surface area contributed by atoms with Gasteiger partial charge in [-0.15, -0.1) is 0 Å². The molecule has 0 bridgehead atoms. The van der Waals surface area contributed by atoms with Crippen LogP contribution in [0.25, 0.3) is 11.1 Å². The lowest BCUT2D eigenvalue weighted by molar-refractivity contribution is 0.102. The molecule has 0 saturated heterocycles. The first-order valence-corrected chi connectivity index (χ1v) is 12.0. The predicted molar refractivity (Wildman–Crippen MR) is 123 cm³/mol. The van der Waals surface area contributed by atoms with Gasteiger partial charge >= 0.3 is 0 Å². The molecule has 0 saturated carbocycles. The molecule has 0 radical (unpaired) electrons. The molecule has 0 unspecified atom stereocenters. The van der Waals surface area contributed by atoms with Gasteiger partial charge < -0.3 is 4.74 Å². The van der Waals surface area contributed by atoms with Gasteiger partial charge in [-0.2, -0.15) is 17.0 Å². The molecule has 11 heteroatoms. The Morgan fingerprint density at radius 1 is 1.22 bits per heavy atom. The number of anilines is 1. The molecule has 1 N–H and O–H groups in total. The van der Waals surface area contributed by atoms with Crippen molar-refractivity contribution in [2.45, 2.75) is 20.0 Å². The zero-order chi connectivity index (χ0) is 23.0. The number of hydrogen-bond donors (Lipinski definition) is 1. The van der Waals surface area contributed by atoms with Gasteiger partial charge in [-0.1, -0.05) is 29.5 Å². The number of para-hydroxylation sites is 1. The van der Waals surface area contributed by atoms with E-state index in [2.05, 4.69) is 15.3 Å². The monoisotopic (exact) mass is 473 g/mol. The van der Waals surface area contributed by atoms with Crippen molar-refractivity contribution in [3.8, 4) is 16.9 Å². The van der Waals surface area contributed by atoms with Crippen molar-refractivity contribution in [3.63, 3.8) is 0 Å². The number of rotatable bonds is 6. The third kappa shape index (κ3) is 4.11. The second-order valence-corrected chi connectivity index (χ2v) is 10.7. The summed E-state index contributed by atoms with van der Waals surface area (Å²) in [6.07, 6.45) is 1.54. The normalized spacial score (nSPS) is 13.9. The van der Waals surface area contributed by atoms with Crippen LogP contribution in [0.15, 0.2) is 36.5 Å². The van der Waals surface area contributed by atoms with Gasteiger partial charge in [0.2, 0.25) is 0 Å². The molecule has 1 aliphatic rings. The third-order valence-electron chi connectivity index (χ3n) is 5.11. The first-order chi connectivity index (χ1) is 15.2. The van der Waals surface area contributed by atoms with E-state index in [9.17, 15) is 13.2 Å². The second-order valence-electron chi connectivity index (χ2n) is 7.47. The summed E-state index contributed by atoms with van der Waals surface area (Å²) in [4.78, 5) is 22.7. The maximum Gasteiger partial charge on any atom is 0.282 e. The highest BCUT2D eigenvalue weighted by Gasteiger charge is 2.33. The van der Waals surface area contributed by atoms with Crippen molar-refractivity contribution in [1.82, 2.24) is 18.6 Å². The van der Waals surface area contributed by atoms with E-state index in [0.717, 1.165) is 16.1 Å². The van der Waals surface area contributed by atoms with E-state index >= 15 is 0 Å². The lowest BCUT2D eigenvalue weighted by Crippen LogP contribution is -2.36. The van der Waals surface area contributed by atoms with Crippen molar-refractivity contribution >= 4 is 32.6 Å². The number of thiazole rings is 1. The van der Waals surface area contributed by atoms with Crippen molar-refractivity contribution < 1.29 is 17.9 Å². The SMILES string of the molecule is COc1ccccc1-c1cc(C)ncc1C(=O)Nc1nc2c(s1)CN(S(=O)(=O)N(C)C)C2. The Balaban J connectivity index is 1.59. The zero-order valence-electron chi connectivity index (χ0n) is 18.1. The van der Waals surface area contributed by atoms with Gasteiger partial charge in [-0.3, -0.25) is 15.1 Å². The zero-order valence-corrected chi connectivity index (χ0v) is 19.7. The number of pyridine rings is 1. The number of hydrogen-bond acceptors (Lipinski definition) is 7. The van der Waals surface area contributed by atoms with Crippen LogP contribution in [-0.2, 0) is 23.3 Å². The van der Waals surface area contributed by atoms with E-state index < -0.39 is 10.2 Å². The Labute approximate surface area is 190 Å². The number of carbonyl (C=O) groups is 1. The first-order valence-electron chi connectivity index (χ1n) is 9.78. The largest absolute Gasteiger partial charge is 0.496 e. The van der Waals surface area contributed by atoms with Crippen molar-refractivity contribution in [1.29, 1.82) is 0 Å². The van der Waals surface area contributed by atoms with E-state index in [4.69, 9.17) is 4.74 Å². The van der Waals surface area contributed by atoms with Crippen LogP contribution in [0.3, 0.4) is 0 Å². The number of aryl methyl sites for hydroxylation is 1. The molecule has 1 aromatic carbocycles. The Morgan fingerprint density at radius 3 is 2.66 bits per heavy atom. The quantitative estimate of drug-likeness (QED) is 0.590. The fraction of sp³-hybridized carbons (Fsp3) is 0.286. The molecule has 32 heavy (non-hydrogen) atoms. The van der Waals surface area contributed by atoms with Crippen molar-refractivity contribution in [3.05, 3.63) is 58.4 Å². The summed E-state index contributed by atoms with van der Waals surface area (Å²) in [6.45, 7) is 2.28. The minimum absolute atomic E-state index is 0.181. The molecule has 3 aromatic rings. The Kier molecular flexibility index (Phi) is 5.99. The maximum atomic E-state index is 13.1. The third-order valence-corrected chi connectivity index (χ3v) is 7.95. The lowest BCUT2D eigenvalue weighted by Gasteiger charge is -2.20. The molecule has 9 nitrogen and oxygen atoms in total. The van der Waals surface area contributed by atoms with Crippen LogP contribution in [0.5, 0.6) is 5.75 Å². The van der Waals surface area contributed by atoms with E-state index in [1.807, 2.05) is 37.3 Å². The number of nitrogens with one attached hydrogen (secondary N) is 1. The van der Waals surface area contributed by atoms with Gasteiger partial charge in [0, 0.05) is 42.0 Å². The molecule has 0 atom stereocenters. The number of nitrogens with zero attached hydrogens (tertiary/aromatic N) is 4. The molecule has 1 aliphatic heterocycles. The molecule has 168 valence electrons. The highest BCUT2D eigenvalue weighted by molar-refractivity contribution is 7.86. The predicted octanol–water partition coefficient (Wildman–Crippen LogP) is 2.90. The number of ether oxygens (including phenoxy) is 1. The summed E-state index contributed by atoms with van der Waals surface area (Å²) in [5.74, 6) is 0.311.